The zero-order valence-electron chi connectivity index (χ0n) is 9.90. The van der Waals surface area contributed by atoms with Crippen molar-refractivity contribution in [2.75, 3.05) is 0 Å². The highest BCUT2D eigenvalue weighted by atomic mass is 32.1. The number of thiocarbonyl (C=S) groups is 1. The fourth-order valence-corrected chi connectivity index (χ4v) is 1.83. The van der Waals surface area contributed by atoms with E-state index in [1.54, 1.807) is 24.3 Å². The summed E-state index contributed by atoms with van der Waals surface area (Å²) in [6.45, 7) is -0.0221. The largest absolute Gasteiger partial charge is 0.488 e. The summed E-state index contributed by atoms with van der Waals surface area (Å²) in [6.07, 6.45) is 0. The molecule has 0 aromatic heterocycles. The van der Waals surface area contributed by atoms with Gasteiger partial charge in [0.25, 0.3) is 0 Å². The SMILES string of the molecule is NC(=S)c1c(F)cccc1OCc1ccccc1F. The third-order valence-electron chi connectivity index (χ3n) is 2.56. The van der Waals surface area contributed by atoms with Crippen LogP contribution in [-0.2, 0) is 6.61 Å². The van der Waals surface area contributed by atoms with Crippen LogP contribution in [0.25, 0.3) is 0 Å². The predicted octanol–water partition coefficient (Wildman–Crippen LogP) is 3.18. The molecule has 0 heterocycles. The van der Waals surface area contributed by atoms with Gasteiger partial charge in [-0.05, 0) is 18.2 Å². The smallest absolute Gasteiger partial charge is 0.137 e. The van der Waals surface area contributed by atoms with Gasteiger partial charge in [-0.15, -0.1) is 0 Å². The molecule has 0 radical (unpaired) electrons. The lowest BCUT2D eigenvalue weighted by molar-refractivity contribution is 0.298. The van der Waals surface area contributed by atoms with Crippen LogP contribution in [0.4, 0.5) is 8.78 Å². The number of ether oxygens (including phenoxy) is 1. The van der Waals surface area contributed by atoms with Crippen molar-refractivity contribution < 1.29 is 13.5 Å². The van der Waals surface area contributed by atoms with E-state index in [1.807, 2.05) is 0 Å². The number of hydrogen-bond acceptors (Lipinski definition) is 2. The number of halogens is 2. The van der Waals surface area contributed by atoms with Crippen LogP contribution in [0.3, 0.4) is 0 Å². The zero-order chi connectivity index (χ0) is 13.8. The minimum atomic E-state index is -0.557. The molecule has 0 aliphatic carbocycles. The van der Waals surface area contributed by atoms with Crippen molar-refractivity contribution in [3.05, 3.63) is 65.2 Å². The van der Waals surface area contributed by atoms with E-state index in [4.69, 9.17) is 22.7 Å². The minimum Gasteiger partial charge on any atom is -0.488 e. The Kier molecular flexibility index (Phi) is 4.06. The highest BCUT2D eigenvalue weighted by Gasteiger charge is 2.12. The second-order valence-corrected chi connectivity index (χ2v) is 4.30. The van der Waals surface area contributed by atoms with Gasteiger partial charge in [-0.1, -0.05) is 36.5 Å². The monoisotopic (exact) mass is 279 g/mol. The Morgan fingerprint density at radius 2 is 1.74 bits per heavy atom. The number of rotatable bonds is 4. The van der Waals surface area contributed by atoms with E-state index < -0.39 is 5.82 Å². The Bertz CT molecular complexity index is 616. The highest BCUT2D eigenvalue weighted by Crippen LogP contribution is 2.22. The fraction of sp³-hybridized carbons (Fsp3) is 0.0714. The quantitative estimate of drug-likeness (QED) is 0.873. The van der Waals surface area contributed by atoms with E-state index in [0.717, 1.165) is 0 Å². The van der Waals surface area contributed by atoms with Gasteiger partial charge in [-0.3, -0.25) is 0 Å². The lowest BCUT2D eigenvalue weighted by Gasteiger charge is -2.11. The molecule has 0 saturated carbocycles. The summed E-state index contributed by atoms with van der Waals surface area (Å²) >= 11 is 4.78. The summed E-state index contributed by atoms with van der Waals surface area (Å²) in [5.74, 6) is -0.731. The topological polar surface area (TPSA) is 35.2 Å². The van der Waals surface area contributed by atoms with Crippen molar-refractivity contribution in [1.29, 1.82) is 0 Å². The van der Waals surface area contributed by atoms with E-state index in [1.165, 1.54) is 18.2 Å². The van der Waals surface area contributed by atoms with E-state index in [0.29, 0.717) is 5.56 Å². The molecule has 0 bridgehead atoms. The Hall–Kier alpha value is -2.01. The first-order valence-corrected chi connectivity index (χ1v) is 5.95. The van der Waals surface area contributed by atoms with Gasteiger partial charge in [0.1, 0.15) is 29.0 Å². The molecule has 2 aromatic carbocycles. The molecule has 0 amide bonds. The van der Waals surface area contributed by atoms with Crippen LogP contribution in [0, 0.1) is 11.6 Å². The molecule has 19 heavy (non-hydrogen) atoms. The van der Waals surface area contributed by atoms with Crippen LogP contribution in [0.1, 0.15) is 11.1 Å². The zero-order valence-corrected chi connectivity index (χ0v) is 10.7. The summed E-state index contributed by atoms with van der Waals surface area (Å²) in [5, 5.41) is 0. The average molecular weight is 279 g/mol. The van der Waals surface area contributed by atoms with Crippen LogP contribution >= 0.6 is 12.2 Å². The minimum absolute atomic E-state index is 0.0221. The molecular weight excluding hydrogens is 268 g/mol. The first-order valence-electron chi connectivity index (χ1n) is 5.54. The highest BCUT2D eigenvalue weighted by molar-refractivity contribution is 7.80. The van der Waals surface area contributed by atoms with Gasteiger partial charge in [0.15, 0.2) is 0 Å². The van der Waals surface area contributed by atoms with Crippen molar-refractivity contribution in [3.8, 4) is 5.75 Å². The van der Waals surface area contributed by atoms with Crippen molar-refractivity contribution in [2.24, 2.45) is 5.73 Å². The van der Waals surface area contributed by atoms with Crippen molar-refractivity contribution >= 4 is 17.2 Å². The Morgan fingerprint density at radius 1 is 1.05 bits per heavy atom. The van der Waals surface area contributed by atoms with Crippen molar-refractivity contribution in [3.63, 3.8) is 0 Å². The van der Waals surface area contributed by atoms with Gasteiger partial charge in [-0.2, -0.15) is 0 Å². The molecule has 2 aromatic rings. The lowest BCUT2D eigenvalue weighted by atomic mass is 10.2. The summed E-state index contributed by atoms with van der Waals surface area (Å²) in [5.41, 5.74) is 5.86. The molecule has 98 valence electrons. The maximum Gasteiger partial charge on any atom is 0.137 e. The van der Waals surface area contributed by atoms with Crippen LogP contribution in [0.2, 0.25) is 0 Å². The Labute approximate surface area is 114 Å². The molecule has 0 atom stereocenters. The first kappa shape index (κ1) is 13.4. The maximum atomic E-state index is 13.6. The molecule has 2 nitrogen and oxygen atoms in total. The van der Waals surface area contributed by atoms with Gasteiger partial charge in [0.05, 0.1) is 5.56 Å². The fourth-order valence-electron chi connectivity index (χ4n) is 1.63. The molecule has 0 spiro atoms. The normalized spacial score (nSPS) is 10.2. The molecular formula is C14H11F2NOS. The van der Waals surface area contributed by atoms with E-state index in [9.17, 15) is 8.78 Å². The van der Waals surface area contributed by atoms with E-state index in [-0.39, 0.29) is 28.7 Å². The van der Waals surface area contributed by atoms with Gasteiger partial charge in [-0.25, -0.2) is 8.78 Å². The van der Waals surface area contributed by atoms with E-state index in [2.05, 4.69) is 0 Å². The summed E-state index contributed by atoms with van der Waals surface area (Å²) in [7, 11) is 0. The first-order chi connectivity index (χ1) is 9.09. The maximum absolute atomic E-state index is 13.6. The van der Waals surface area contributed by atoms with E-state index >= 15 is 0 Å². The standard InChI is InChI=1S/C14H11F2NOS/c15-10-5-2-1-4-9(10)8-18-12-7-3-6-11(16)13(12)14(17)19/h1-7H,8H2,(H2,17,19). The van der Waals surface area contributed by atoms with Crippen LogP contribution in [0.5, 0.6) is 5.75 Å². The average Bonchev–Trinajstić information content (AvgIpc) is 2.37. The number of nitrogens with two attached hydrogens (primary N) is 1. The summed E-state index contributed by atoms with van der Waals surface area (Å²) in [6, 6.07) is 10.5. The third kappa shape index (κ3) is 3.06. The van der Waals surface area contributed by atoms with Crippen LogP contribution < -0.4 is 10.5 Å². The van der Waals surface area contributed by atoms with Crippen molar-refractivity contribution in [2.45, 2.75) is 6.61 Å². The molecule has 2 rings (SSSR count). The molecule has 0 fully saturated rings. The second kappa shape index (κ2) is 5.75. The molecule has 5 heteroatoms. The number of hydrogen-bond donors (Lipinski definition) is 1. The van der Waals surface area contributed by atoms with Crippen LogP contribution in [-0.4, -0.2) is 4.99 Å². The molecule has 0 aliphatic heterocycles. The molecule has 0 unspecified atom stereocenters. The summed E-state index contributed by atoms with van der Waals surface area (Å²) in [4.78, 5) is -0.0957. The van der Waals surface area contributed by atoms with Gasteiger partial charge < -0.3 is 10.5 Å². The Balaban J connectivity index is 2.23. The second-order valence-electron chi connectivity index (χ2n) is 3.86. The van der Waals surface area contributed by atoms with Gasteiger partial charge in [0.2, 0.25) is 0 Å². The van der Waals surface area contributed by atoms with Gasteiger partial charge >= 0.3 is 0 Å². The molecule has 0 aliphatic rings. The molecule has 2 N–H and O–H groups in total. The van der Waals surface area contributed by atoms with Crippen molar-refractivity contribution in [1.82, 2.24) is 0 Å². The lowest BCUT2D eigenvalue weighted by Crippen LogP contribution is -2.14. The summed E-state index contributed by atoms with van der Waals surface area (Å²) < 4.78 is 32.4. The van der Waals surface area contributed by atoms with Crippen LogP contribution in [0.15, 0.2) is 42.5 Å². The Morgan fingerprint density at radius 3 is 2.42 bits per heavy atom. The van der Waals surface area contributed by atoms with Gasteiger partial charge in [0, 0.05) is 5.56 Å². The third-order valence-corrected chi connectivity index (χ3v) is 2.77. The number of benzene rings is 2. The molecule has 0 saturated heterocycles. The predicted molar refractivity (Wildman–Crippen MR) is 73.0 cm³/mol.